The number of nitrogen functional groups attached to an aromatic ring is 1. The second-order valence-electron chi connectivity index (χ2n) is 8.80. The molecule has 0 saturated heterocycles. The van der Waals surface area contributed by atoms with Crippen LogP contribution in [0.15, 0.2) is 97.6 Å². The molecule has 4 aromatic rings. The number of imidazole rings is 1. The minimum absolute atomic E-state index is 0.343. The number of rotatable bonds is 10. The van der Waals surface area contributed by atoms with Crippen molar-refractivity contribution < 1.29 is 0 Å². The molecule has 170 valence electrons. The van der Waals surface area contributed by atoms with Crippen LogP contribution in [0.1, 0.15) is 42.0 Å². The van der Waals surface area contributed by atoms with E-state index in [0.717, 1.165) is 43.7 Å². The summed E-state index contributed by atoms with van der Waals surface area (Å²) in [6.45, 7) is 6.08. The summed E-state index contributed by atoms with van der Waals surface area (Å²) in [6, 6.07) is 28.3. The second kappa shape index (κ2) is 10.5. The van der Waals surface area contributed by atoms with E-state index in [4.69, 9.17) is 5.73 Å². The SMILES string of the molecule is CCCCN(Cn1ccnc1)C(Cc1ccc(N)c(C)c1)(c1ccccc1)c1ccccc1. The predicted octanol–water partition coefficient (Wildman–Crippen LogP) is 6.02. The molecule has 4 rings (SSSR count). The molecule has 1 heterocycles. The Labute approximate surface area is 197 Å². The predicted molar refractivity (Wildman–Crippen MR) is 137 cm³/mol. The van der Waals surface area contributed by atoms with Crippen molar-refractivity contribution in [1.29, 1.82) is 0 Å². The molecule has 0 saturated carbocycles. The zero-order chi connectivity index (χ0) is 23.1. The summed E-state index contributed by atoms with van der Waals surface area (Å²) in [4.78, 5) is 6.93. The topological polar surface area (TPSA) is 47.1 Å². The maximum absolute atomic E-state index is 6.17. The van der Waals surface area contributed by atoms with Crippen molar-refractivity contribution in [1.82, 2.24) is 14.5 Å². The maximum Gasteiger partial charge on any atom is 0.0956 e. The molecule has 0 aliphatic heterocycles. The van der Waals surface area contributed by atoms with Gasteiger partial charge in [0.1, 0.15) is 0 Å². The van der Waals surface area contributed by atoms with Gasteiger partial charge in [-0.15, -0.1) is 0 Å². The fourth-order valence-electron chi connectivity index (χ4n) is 4.72. The number of hydrogen-bond acceptors (Lipinski definition) is 3. The van der Waals surface area contributed by atoms with Crippen molar-refractivity contribution in [3.8, 4) is 0 Å². The molecule has 4 nitrogen and oxygen atoms in total. The van der Waals surface area contributed by atoms with Crippen LogP contribution in [0.3, 0.4) is 0 Å². The molecule has 0 fully saturated rings. The Kier molecular flexibility index (Phi) is 7.26. The number of unbranched alkanes of at least 4 members (excludes halogenated alkanes) is 1. The summed E-state index contributed by atoms with van der Waals surface area (Å²) in [5.41, 5.74) is 11.7. The zero-order valence-electron chi connectivity index (χ0n) is 19.7. The second-order valence-corrected chi connectivity index (χ2v) is 8.80. The molecule has 0 spiro atoms. The number of anilines is 1. The van der Waals surface area contributed by atoms with Gasteiger partial charge in [0.15, 0.2) is 0 Å². The van der Waals surface area contributed by atoms with Gasteiger partial charge in [0.05, 0.1) is 18.5 Å². The van der Waals surface area contributed by atoms with Crippen molar-refractivity contribution in [3.63, 3.8) is 0 Å². The Morgan fingerprint density at radius 1 is 0.939 bits per heavy atom. The average molecular weight is 439 g/mol. The average Bonchev–Trinajstić information content (AvgIpc) is 3.37. The molecule has 1 aromatic heterocycles. The number of aryl methyl sites for hydroxylation is 1. The Bertz CT molecular complexity index is 1080. The Balaban J connectivity index is 1.93. The quantitative estimate of drug-likeness (QED) is 0.308. The zero-order valence-corrected chi connectivity index (χ0v) is 19.7. The van der Waals surface area contributed by atoms with Crippen LogP contribution >= 0.6 is 0 Å². The maximum atomic E-state index is 6.17. The molecule has 0 aliphatic carbocycles. The van der Waals surface area contributed by atoms with Crippen molar-refractivity contribution in [3.05, 3.63) is 120 Å². The molecule has 0 atom stereocenters. The van der Waals surface area contributed by atoms with Crippen LogP contribution in [0.5, 0.6) is 0 Å². The molecular weight excluding hydrogens is 404 g/mol. The third kappa shape index (κ3) is 5.01. The van der Waals surface area contributed by atoms with Gasteiger partial charge in [-0.05, 0) is 48.1 Å². The molecule has 3 aromatic carbocycles. The van der Waals surface area contributed by atoms with E-state index >= 15 is 0 Å². The first-order valence-corrected chi connectivity index (χ1v) is 11.8. The van der Waals surface area contributed by atoms with E-state index in [1.807, 2.05) is 24.8 Å². The highest BCUT2D eigenvalue weighted by Crippen LogP contribution is 2.40. The highest BCUT2D eigenvalue weighted by molar-refractivity contribution is 5.49. The lowest BCUT2D eigenvalue weighted by molar-refractivity contribution is 0.0814. The largest absolute Gasteiger partial charge is 0.399 e. The van der Waals surface area contributed by atoms with E-state index in [1.54, 1.807) is 0 Å². The fourth-order valence-corrected chi connectivity index (χ4v) is 4.72. The van der Waals surface area contributed by atoms with Crippen LogP contribution in [0.25, 0.3) is 0 Å². The molecule has 4 heteroatoms. The number of benzene rings is 3. The number of nitrogens with zero attached hydrogens (tertiary/aromatic N) is 3. The van der Waals surface area contributed by atoms with Crippen molar-refractivity contribution >= 4 is 5.69 Å². The highest BCUT2D eigenvalue weighted by atomic mass is 15.3. The highest BCUT2D eigenvalue weighted by Gasteiger charge is 2.40. The molecule has 0 unspecified atom stereocenters. The van der Waals surface area contributed by atoms with Crippen molar-refractivity contribution in [2.24, 2.45) is 0 Å². The summed E-state index contributed by atoms with van der Waals surface area (Å²) >= 11 is 0. The van der Waals surface area contributed by atoms with Gasteiger partial charge in [-0.3, -0.25) is 4.90 Å². The van der Waals surface area contributed by atoms with Gasteiger partial charge in [0.2, 0.25) is 0 Å². The van der Waals surface area contributed by atoms with E-state index in [9.17, 15) is 0 Å². The first-order chi connectivity index (χ1) is 16.1. The summed E-state index contributed by atoms with van der Waals surface area (Å²) in [7, 11) is 0. The van der Waals surface area contributed by atoms with Gasteiger partial charge in [-0.1, -0.05) is 86.1 Å². The monoisotopic (exact) mass is 438 g/mol. The van der Waals surface area contributed by atoms with Crippen molar-refractivity contribution in [2.75, 3.05) is 12.3 Å². The molecule has 0 aliphatic rings. The summed E-state index contributed by atoms with van der Waals surface area (Å²) < 4.78 is 2.17. The summed E-state index contributed by atoms with van der Waals surface area (Å²) in [5, 5.41) is 0. The fraction of sp³-hybridized carbons (Fsp3) is 0.276. The lowest BCUT2D eigenvalue weighted by Gasteiger charge is -2.46. The normalized spacial score (nSPS) is 11.7. The number of hydrogen-bond donors (Lipinski definition) is 1. The molecule has 0 amide bonds. The van der Waals surface area contributed by atoms with Gasteiger partial charge in [-0.25, -0.2) is 4.98 Å². The van der Waals surface area contributed by atoms with Gasteiger partial charge in [0, 0.05) is 24.6 Å². The van der Waals surface area contributed by atoms with Gasteiger partial charge in [0.25, 0.3) is 0 Å². The van der Waals surface area contributed by atoms with Gasteiger partial charge >= 0.3 is 0 Å². The molecule has 0 radical (unpaired) electrons. The van der Waals surface area contributed by atoms with Crippen LogP contribution in [-0.2, 0) is 18.6 Å². The molecule has 33 heavy (non-hydrogen) atoms. The first kappa shape index (κ1) is 22.8. The Morgan fingerprint density at radius 2 is 1.61 bits per heavy atom. The standard InChI is InChI=1S/C29H34N4/c1-3-4-18-33(23-32-19-17-31-22-32)29(26-11-7-5-8-12-26,27-13-9-6-10-14-27)21-25-15-16-28(30)24(2)20-25/h5-17,19-20,22H,3-4,18,21,23,30H2,1-2H3. The summed E-state index contributed by atoms with van der Waals surface area (Å²) in [6.07, 6.45) is 8.92. The molecule has 0 bridgehead atoms. The number of nitrogens with two attached hydrogens (primary N) is 1. The Hall–Kier alpha value is -3.37. The van der Waals surface area contributed by atoms with Crippen LogP contribution < -0.4 is 5.73 Å². The molecule has 2 N–H and O–H groups in total. The van der Waals surface area contributed by atoms with Crippen LogP contribution in [-0.4, -0.2) is 21.0 Å². The van der Waals surface area contributed by atoms with Crippen LogP contribution in [0.4, 0.5) is 5.69 Å². The van der Waals surface area contributed by atoms with E-state index in [1.165, 1.54) is 16.7 Å². The van der Waals surface area contributed by atoms with Crippen LogP contribution in [0.2, 0.25) is 0 Å². The Morgan fingerprint density at radius 3 is 2.15 bits per heavy atom. The lowest BCUT2D eigenvalue weighted by atomic mass is 9.76. The minimum Gasteiger partial charge on any atom is -0.399 e. The third-order valence-electron chi connectivity index (χ3n) is 6.51. The van der Waals surface area contributed by atoms with E-state index < -0.39 is 0 Å². The van der Waals surface area contributed by atoms with E-state index in [2.05, 4.69) is 101 Å². The smallest absolute Gasteiger partial charge is 0.0956 e. The first-order valence-electron chi connectivity index (χ1n) is 11.8. The lowest BCUT2D eigenvalue weighted by Crippen LogP contribution is -2.49. The van der Waals surface area contributed by atoms with Gasteiger partial charge in [-0.2, -0.15) is 0 Å². The minimum atomic E-state index is -0.343. The van der Waals surface area contributed by atoms with E-state index in [-0.39, 0.29) is 5.54 Å². The van der Waals surface area contributed by atoms with Gasteiger partial charge < -0.3 is 10.3 Å². The van der Waals surface area contributed by atoms with Crippen molar-refractivity contribution in [2.45, 2.75) is 45.3 Å². The summed E-state index contributed by atoms with van der Waals surface area (Å²) in [5.74, 6) is 0. The van der Waals surface area contributed by atoms with Crippen LogP contribution in [0, 0.1) is 6.92 Å². The molecular formula is C29H34N4. The third-order valence-corrected chi connectivity index (χ3v) is 6.51. The van der Waals surface area contributed by atoms with E-state index in [0.29, 0.717) is 0 Å². The number of aromatic nitrogens is 2.